The Labute approximate surface area is 149 Å². The molecule has 2 fully saturated rings. The van der Waals surface area contributed by atoms with E-state index in [0.717, 1.165) is 36.6 Å². The minimum Gasteiger partial charge on any atom is -0.355 e. The molecule has 1 amide bonds. The van der Waals surface area contributed by atoms with Crippen LogP contribution in [0.3, 0.4) is 0 Å². The van der Waals surface area contributed by atoms with Crippen LogP contribution in [0.15, 0.2) is 0 Å². The molecule has 3 heterocycles. The molecule has 0 spiro atoms. The summed E-state index contributed by atoms with van der Waals surface area (Å²) < 4.78 is 13.3. The summed E-state index contributed by atoms with van der Waals surface area (Å²) in [6.45, 7) is 6.66. The van der Waals surface area contributed by atoms with Crippen LogP contribution >= 0.6 is 0 Å². The zero-order chi connectivity index (χ0) is 18.1. The van der Waals surface area contributed by atoms with Crippen LogP contribution in [0.4, 0.5) is 10.2 Å². The van der Waals surface area contributed by atoms with E-state index in [4.69, 9.17) is 0 Å². The van der Waals surface area contributed by atoms with Gasteiger partial charge in [-0.05, 0) is 47.2 Å². The second-order valence-electron chi connectivity index (χ2n) is 7.40. The molecule has 6 nitrogen and oxygen atoms in total. The number of likely N-dealkylation sites (N-methyl/N-ethyl adjacent to an activating group) is 1. The Morgan fingerprint density at radius 3 is 2.40 bits per heavy atom. The molecule has 138 valence electrons. The molecule has 0 aliphatic carbocycles. The van der Waals surface area contributed by atoms with Gasteiger partial charge in [-0.15, -0.1) is 0 Å². The summed E-state index contributed by atoms with van der Waals surface area (Å²) in [6.07, 6.45) is 1.09. The molecule has 0 bridgehead atoms. The van der Waals surface area contributed by atoms with Crippen LogP contribution in [0.2, 0.25) is 0 Å². The molecule has 1 atom stereocenters. The van der Waals surface area contributed by atoms with E-state index in [0.29, 0.717) is 32.0 Å². The number of hydrogen-bond acceptors (Lipinski definition) is 5. The Kier molecular flexibility index (Phi) is 5.22. The molecule has 2 aliphatic rings. The maximum Gasteiger partial charge on any atom is 0.291 e. The largest absolute Gasteiger partial charge is 0.355 e. The maximum absolute atomic E-state index is 13.3. The van der Waals surface area contributed by atoms with Crippen molar-refractivity contribution >= 4 is 11.7 Å². The van der Waals surface area contributed by atoms with Gasteiger partial charge in [0.15, 0.2) is 0 Å². The number of anilines is 1. The minimum absolute atomic E-state index is 0.181. The average molecular weight is 349 g/mol. The van der Waals surface area contributed by atoms with Gasteiger partial charge in [0.05, 0.1) is 0 Å². The quantitative estimate of drug-likeness (QED) is 0.833. The van der Waals surface area contributed by atoms with Crippen LogP contribution in [0.25, 0.3) is 0 Å². The van der Waals surface area contributed by atoms with Crippen molar-refractivity contribution in [2.45, 2.75) is 45.3 Å². The summed E-state index contributed by atoms with van der Waals surface area (Å²) in [5.41, 5.74) is 1.86. The molecule has 0 radical (unpaired) electrons. The number of aromatic nitrogens is 2. The highest BCUT2D eigenvalue weighted by Crippen LogP contribution is 2.26. The molecule has 1 aromatic rings. The molecule has 1 aromatic heterocycles. The van der Waals surface area contributed by atoms with Gasteiger partial charge in [-0.1, -0.05) is 0 Å². The first-order chi connectivity index (χ1) is 11.9. The molecule has 25 heavy (non-hydrogen) atoms. The first kappa shape index (κ1) is 18.0. The van der Waals surface area contributed by atoms with Crippen LogP contribution < -0.4 is 4.90 Å². The predicted octanol–water partition coefficient (Wildman–Crippen LogP) is 1.81. The van der Waals surface area contributed by atoms with Crippen LogP contribution in [-0.4, -0.2) is 78.2 Å². The third kappa shape index (κ3) is 3.76. The Bertz CT molecular complexity index is 643. The highest BCUT2D eigenvalue weighted by Gasteiger charge is 2.29. The lowest BCUT2D eigenvalue weighted by atomic mass is 10.1. The van der Waals surface area contributed by atoms with Gasteiger partial charge in [-0.2, -0.15) is 0 Å². The number of carbonyl (C=O) groups is 1. The second kappa shape index (κ2) is 7.23. The number of halogens is 1. The summed E-state index contributed by atoms with van der Waals surface area (Å²) in [4.78, 5) is 28.0. The smallest absolute Gasteiger partial charge is 0.291 e. The number of hydrogen-bond donors (Lipinski definition) is 0. The molecule has 0 saturated carbocycles. The van der Waals surface area contributed by atoms with Crippen molar-refractivity contribution < 1.29 is 9.18 Å². The highest BCUT2D eigenvalue weighted by molar-refractivity contribution is 5.91. The molecule has 0 unspecified atom stereocenters. The van der Waals surface area contributed by atoms with E-state index >= 15 is 0 Å². The van der Waals surface area contributed by atoms with Crippen molar-refractivity contribution in [3.8, 4) is 0 Å². The number of piperidine rings is 1. The Balaban J connectivity index is 1.82. The normalized spacial score (nSPS) is 22.1. The van der Waals surface area contributed by atoms with E-state index in [1.54, 1.807) is 4.90 Å². The Morgan fingerprint density at radius 2 is 1.80 bits per heavy atom. The molecule has 2 saturated heterocycles. The van der Waals surface area contributed by atoms with E-state index < -0.39 is 6.17 Å². The molecule has 3 rings (SSSR count). The summed E-state index contributed by atoms with van der Waals surface area (Å²) in [5, 5.41) is 0. The van der Waals surface area contributed by atoms with E-state index in [-0.39, 0.29) is 11.7 Å². The Hall–Kier alpha value is -1.76. The summed E-state index contributed by atoms with van der Waals surface area (Å²) in [6, 6.07) is 0.498. The lowest BCUT2D eigenvalue weighted by Gasteiger charge is -2.28. The van der Waals surface area contributed by atoms with Crippen molar-refractivity contribution in [3.05, 3.63) is 17.1 Å². The van der Waals surface area contributed by atoms with Crippen LogP contribution in [-0.2, 0) is 0 Å². The van der Waals surface area contributed by atoms with Crippen LogP contribution in [0, 0.1) is 13.8 Å². The third-order valence-corrected chi connectivity index (χ3v) is 5.46. The molecular weight excluding hydrogens is 321 g/mol. The van der Waals surface area contributed by atoms with E-state index in [2.05, 4.69) is 33.9 Å². The number of alkyl halides is 1. The highest BCUT2D eigenvalue weighted by atomic mass is 19.1. The SMILES string of the molecule is Cc1nc(C(=O)N2CCC(F)CC2)nc(N2CC[C@@H](N(C)C)C2)c1C. The number of amides is 1. The summed E-state index contributed by atoms with van der Waals surface area (Å²) in [5.74, 6) is 0.920. The molecule has 0 N–H and O–H groups in total. The monoisotopic (exact) mass is 349 g/mol. The van der Waals surface area contributed by atoms with Gasteiger partial charge in [0.2, 0.25) is 5.82 Å². The minimum atomic E-state index is -0.798. The second-order valence-corrected chi connectivity index (χ2v) is 7.40. The fraction of sp³-hybridized carbons (Fsp3) is 0.722. The maximum atomic E-state index is 13.3. The zero-order valence-corrected chi connectivity index (χ0v) is 15.6. The van der Waals surface area contributed by atoms with Gasteiger partial charge in [-0.25, -0.2) is 14.4 Å². The number of rotatable bonds is 3. The van der Waals surface area contributed by atoms with Crippen molar-refractivity contribution in [3.63, 3.8) is 0 Å². The fourth-order valence-electron chi connectivity index (χ4n) is 3.57. The number of carbonyl (C=O) groups excluding carboxylic acids is 1. The standard InChI is InChI=1S/C18H28FN5O/c1-12-13(2)20-16(18(25)23-8-5-14(19)6-9-23)21-17(12)24-10-7-15(11-24)22(3)4/h14-15H,5-11H2,1-4H3/t15-/m1/s1. The average Bonchev–Trinajstić information content (AvgIpc) is 3.07. The first-order valence-corrected chi connectivity index (χ1v) is 9.06. The van der Waals surface area contributed by atoms with E-state index in [1.165, 1.54) is 0 Å². The fourth-order valence-corrected chi connectivity index (χ4v) is 3.57. The van der Waals surface area contributed by atoms with Gasteiger partial charge in [0.25, 0.3) is 5.91 Å². The molecule has 0 aromatic carbocycles. The van der Waals surface area contributed by atoms with Crippen molar-refractivity contribution in [2.24, 2.45) is 0 Å². The predicted molar refractivity (Wildman–Crippen MR) is 95.8 cm³/mol. The van der Waals surface area contributed by atoms with Gasteiger partial charge in [0, 0.05) is 43.5 Å². The van der Waals surface area contributed by atoms with Crippen molar-refractivity contribution in [2.75, 3.05) is 45.2 Å². The van der Waals surface area contributed by atoms with E-state index in [1.807, 2.05) is 13.8 Å². The number of aryl methyl sites for hydroxylation is 1. The Morgan fingerprint density at radius 1 is 1.12 bits per heavy atom. The van der Waals surface area contributed by atoms with Gasteiger partial charge >= 0.3 is 0 Å². The summed E-state index contributed by atoms with van der Waals surface area (Å²) >= 11 is 0. The lowest BCUT2D eigenvalue weighted by molar-refractivity contribution is 0.0654. The summed E-state index contributed by atoms with van der Waals surface area (Å²) in [7, 11) is 4.19. The number of likely N-dealkylation sites (tertiary alicyclic amines) is 1. The lowest BCUT2D eigenvalue weighted by Crippen LogP contribution is -2.40. The van der Waals surface area contributed by atoms with Gasteiger partial charge in [0.1, 0.15) is 12.0 Å². The van der Waals surface area contributed by atoms with Gasteiger partial charge in [-0.3, -0.25) is 4.79 Å². The van der Waals surface area contributed by atoms with Gasteiger partial charge < -0.3 is 14.7 Å². The van der Waals surface area contributed by atoms with Crippen LogP contribution in [0.1, 0.15) is 41.1 Å². The molecule has 2 aliphatic heterocycles. The van der Waals surface area contributed by atoms with E-state index in [9.17, 15) is 9.18 Å². The molecular formula is C18H28FN5O. The zero-order valence-electron chi connectivity index (χ0n) is 15.6. The third-order valence-electron chi connectivity index (χ3n) is 5.46. The van der Waals surface area contributed by atoms with Crippen molar-refractivity contribution in [1.82, 2.24) is 19.8 Å². The first-order valence-electron chi connectivity index (χ1n) is 9.06. The van der Waals surface area contributed by atoms with Crippen LogP contribution in [0.5, 0.6) is 0 Å². The number of nitrogens with zero attached hydrogens (tertiary/aromatic N) is 5. The topological polar surface area (TPSA) is 52.6 Å². The van der Waals surface area contributed by atoms with Crippen molar-refractivity contribution in [1.29, 1.82) is 0 Å². The molecule has 7 heteroatoms.